The first-order valence-electron chi connectivity index (χ1n) is 8.97. The van der Waals surface area contributed by atoms with Crippen LogP contribution in [0.15, 0.2) is 18.6 Å². The van der Waals surface area contributed by atoms with Crippen molar-refractivity contribution < 1.29 is 19.1 Å². The third-order valence-corrected chi connectivity index (χ3v) is 3.20. The number of nitrogens with zero attached hydrogens (tertiary/aromatic N) is 3. The smallest absolute Gasteiger partial charge is 0.435 e. The molecule has 28 heavy (non-hydrogen) atoms. The Morgan fingerprint density at radius 3 is 2.39 bits per heavy atom. The fraction of sp³-hybridized carbons (Fsp3) is 0.500. The van der Waals surface area contributed by atoms with Gasteiger partial charge in [-0.2, -0.15) is 9.78 Å². The quantitative estimate of drug-likeness (QED) is 0.627. The Kier molecular flexibility index (Phi) is 6.29. The molecule has 0 fully saturated rings. The summed E-state index contributed by atoms with van der Waals surface area (Å²) in [6.07, 6.45) is 4.10. The molecule has 8 nitrogen and oxygen atoms in total. The van der Waals surface area contributed by atoms with Gasteiger partial charge in [-0.05, 0) is 41.5 Å². The summed E-state index contributed by atoms with van der Waals surface area (Å²) in [6.45, 7) is 11.1. The molecule has 1 N–H and O–H groups in total. The summed E-state index contributed by atoms with van der Waals surface area (Å²) in [4.78, 5) is 28.0. The van der Waals surface area contributed by atoms with Crippen LogP contribution in [0.25, 0.3) is 10.9 Å². The molecule has 2 rings (SSSR count). The fourth-order valence-electron chi connectivity index (χ4n) is 2.19. The first-order chi connectivity index (χ1) is 13.0. The van der Waals surface area contributed by atoms with Gasteiger partial charge in [0.15, 0.2) is 0 Å². The molecule has 150 valence electrons. The SMILES string of the molecule is CC(C)(C)OC(=O)NCCC#Cc1cncc2c1cnn2C(=O)OC(C)(C)C. The molecule has 0 aromatic carbocycles. The molecule has 0 aliphatic heterocycles. The van der Waals surface area contributed by atoms with E-state index in [9.17, 15) is 9.59 Å². The monoisotopic (exact) mass is 386 g/mol. The van der Waals surface area contributed by atoms with Gasteiger partial charge in [0.25, 0.3) is 0 Å². The minimum Gasteiger partial charge on any atom is -0.444 e. The lowest BCUT2D eigenvalue weighted by Gasteiger charge is -2.19. The number of carbonyl (C=O) groups is 2. The second-order valence-corrected chi connectivity index (χ2v) is 8.14. The second kappa shape index (κ2) is 8.30. The van der Waals surface area contributed by atoms with Gasteiger partial charge in [0.2, 0.25) is 0 Å². The first kappa shape index (κ1) is 21.2. The molecule has 0 aliphatic carbocycles. The van der Waals surface area contributed by atoms with Gasteiger partial charge in [-0.1, -0.05) is 11.8 Å². The highest BCUT2D eigenvalue weighted by molar-refractivity contribution is 5.90. The number of nitrogens with one attached hydrogen (secondary N) is 1. The van der Waals surface area contributed by atoms with Crippen LogP contribution in [0.5, 0.6) is 0 Å². The van der Waals surface area contributed by atoms with E-state index in [1.54, 1.807) is 60.1 Å². The molecular formula is C20H26N4O4. The number of aromatic nitrogens is 3. The Morgan fingerprint density at radius 2 is 1.75 bits per heavy atom. The number of rotatable bonds is 2. The Morgan fingerprint density at radius 1 is 1.07 bits per heavy atom. The van der Waals surface area contributed by atoms with Gasteiger partial charge in [0, 0.05) is 24.5 Å². The highest BCUT2D eigenvalue weighted by Crippen LogP contribution is 2.18. The number of alkyl carbamates (subject to hydrolysis) is 1. The van der Waals surface area contributed by atoms with Crippen LogP contribution in [0.1, 0.15) is 53.5 Å². The number of carbonyl (C=O) groups excluding carboxylic acids is 2. The zero-order chi connectivity index (χ0) is 20.9. The van der Waals surface area contributed by atoms with E-state index in [1.165, 1.54) is 4.68 Å². The third kappa shape index (κ3) is 6.27. The minimum atomic E-state index is -0.624. The van der Waals surface area contributed by atoms with Crippen molar-refractivity contribution in [2.24, 2.45) is 0 Å². The molecule has 0 unspecified atom stereocenters. The molecule has 0 saturated heterocycles. The predicted molar refractivity (Wildman–Crippen MR) is 105 cm³/mol. The van der Waals surface area contributed by atoms with Crippen molar-refractivity contribution in [2.45, 2.75) is 59.2 Å². The van der Waals surface area contributed by atoms with Gasteiger partial charge < -0.3 is 14.8 Å². The number of pyridine rings is 1. The van der Waals surface area contributed by atoms with E-state index in [0.29, 0.717) is 29.4 Å². The van der Waals surface area contributed by atoms with Gasteiger partial charge in [0.1, 0.15) is 16.7 Å². The van der Waals surface area contributed by atoms with Crippen molar-refractivity contribution in [3.8, 4) is 11.8 Å². The highest BCUT2D eigenvalue weighted by Gasteiger charge is 2.20. The lowest BCUT2D eigenvalue weighted by molar-refractivity contribution is 0.0514. The number of ether oxygens (including phenoxy) is 2. The molecular weight excluding hydrogens is 360 g/mol. The molecule has 0 bridgehead atoms. The Hall–Kier alpha value is -3.08. The van der Waals surface area contributed by atoms with Crippen molar-refractivity contribution in [1.29, 1.82) is 0 Å². The van der Waals surface area contributed by atoms with Gasteiger partial charge in [-0.3, -0.25) is 4.98 Å². The van der Waals surface area contributed by atoms with E-state index < -0.39 is 23.4 Å². The average Bonchev–Trinajstić information content (AvgIpc) is 2.96. The highest BCUT2D eigenvalue weighted by atomic mass is 16.6. The van der Waals surface area contributed by atoms with Crippen LogP contribution >= 0.6 is 0 Å². The third-order valence-electron chi connectivity index (χ3n) is 3.20. The number of hydrogen-bond acceptors (Lipinski definition) is 6. The van der Waals surface area contributed by atoms with E-state index >= 15 is 0 Å². The van der Waals surface area contributed by atoms with Crippen LogP contribution in [-0.4, -0.2) is 44.7 Å². The van der Waals surface area contributed by atoms with Crippen molar-refractivity contribution in [3.63, 3.8) is 0 Å². The van der Waals surface area contributed by atoms with Crippen LogP contribution in [0, 0.1) is 11.8 Å². The van der Waals surface area contributed by atoms with Crippen LogP contribution in [0.3, 0.4) is 0 Å². The van der Waals surface area contributed by atoms with E-state index in [0.717, 1.165) is 0 Å². The molecule has 0 atom stereocenters. The zero-order valence-corrected chi connectivity index (χ0v) is 17.1. The van der Waals surface area contributed by atoms with Crippen LogP contribution in [-0.2, 0) is 9.47 Å². The van der Waals surface area contributed by atoms with Crippen molar-refractivity contribution >= 4 is 23.1 Å². The van der Waals surface area contributed by atoms with Gasteiger partial charge in [0.05, 0.1) is 18.0 Å². The molecule has 1 amide bonds. The van der Waals surface area contributed by atoms with Crippen LogP contribution < -0.4 is 5.32 Å². The van der Waals surface area contributed by atoms with Crippen molar-refractivity contribution in [1.82, 2.24) is 20.1 Å². The summed E-state index contributed by atoms with van der Waals surface area (Å²) in [5.41, 5.74) is 0.00435. The van der Waals surface area contributed by atoms with Crippen molar-refractivity contribution in [3.05, 3.63) is 24.2 Å². The molecule has 8 heteroatoms. The number of fused-ring (bicyclic) bond motifs is 1. The number of amides is 1. The summed E-state index contributed by atoms with van der Waals surface area (Å²) < 4.78 is 11.7. The maximum absolute atomic E-state index is 12.3. The fourth-order valence-corrected chi connectivity index (χ4v) is 2.19. The summed E-state index contributed by atoms with van der Waals surface area (Å²) in [5.74, 6) is 5.98. The summed E-state index contributed by atoms with van der Waals surface area (Å²) in [7, 11) is 0. The molecule has 2 aromatic rings. The Balaban J connectivity index is 2.04. The van der Waals surface area contributed by atoms with E-state index in [4.69, 9.17) is 9.47 Å². The van der Waals surface area contributed by atoms with Gasteiger partial charge in [-0.15, -0.1) is 0 Å². The molecule has 0 aliphatic rings. The van der Waals surface area contributed by atoms with Crippen molar-refractivity contribution in [2.75, 3.05) is 6.54 Å². The Bertz CT molecular complexity index is 924. The first-order valence-corrected chi connectivity index (χ1v) is 8.97. The lowest BCUT2D eigenvalue weighted by Crippen LogP contribution is -2.32. The maximum Gasteiger partial charge on any atom is 0.435 e. The normalized spacial score (nSPS) is 11.5. The Labute approximate surface area is 164 Å². The average molecular weight is 386 g/mol. The lowest BCUT2D eigenvalue weighted by atomic mass is 10.2. The van der Waals surface area contributed by atoms with E-state index in [2.05, 4.69) is 27.2 Å². The largest absolute Gasteiger partial charge is 0.444 e. The van der Waals surface area contributed by atoms with Crippen LogP contribution in [0.2, 0.25) is 0 Å². The predicted octanol–water partition coefficient (Wildman–Crippen LogP) is 3.48. The van der Waals surface area contributed by atoms with Gasteiger partial charge >= 0.3 is 12.2 Å². The number of hydrogen-bond donors (Lipinski definition) is 1. The summed E-state index contributed by atoms with van der Waals surface area (Å²) in [5, 5.41) is 7.45. The van der Waals surface area contributed by atoms with E-state index in [-0.39, 0.29) is 0 Å². The summed E-state index contributed by atoms with van der Waals surface area (Å²) in [6, 6.07) is 0. The zero-order valence-electron chi connectivity index (χ0n) is 17.1. The van der Waals surface area contributed by atoms with E-state index in [1.807, 2.05) is 0 Å². The molecule has 0 radical (unpaired) electrons. The standard InChI is InChI=1S/C20H26N4O4/c1-19(2,3)27-17(25)22-10-8-7-9-14-11-21-13-16-15(14)12-23-24(16)18(26)28-20(4,5)6/h11-13H,8,10H2,1-6H3,(H,22,25). The van der Waals surface area contributed by atoms with Crippen LogP contribution in [0.4, 0.5) is 9.59 Å². The second-order valence-electron chi connectivity index (χ2n) is 8.14. The van der Waals surface area contributed by atoms with Gasteiger partial charge in [-0.25, -0.2) is 9.59 Å². The molecule has 2 heterocycles. The summed E-state index contributed by atoms with van der Waals surface area (Å²) >= 11 is 0. The molecule has 2 aromatic heterocycles. The topological polar surface area (TPSA) is 95.3 Å². The molecule has 0 spiro atoms. The minimum absolute atomic E-state index is 0.364. The molecule has 0 saturated carbocycles. The maximum atomic E-state index is 12.3.